The zero-order valence-corrected chi connectivity index (χ0v) is 16.1. The normalized spacial score (nSPS) is 10.8. The largest absolute Gasteiger partial charge is 0.360 e. The van der Waals surface area contributed by atoms with Gasteiger partial charge in [0.15, 0.2) is 5.82 Å². The molecule has 146 valence electrons. The maximum absolute atomic E-state index is 14.2. The molecule has 0 bridgehead atoms. The van der Waals surface area contributed by atoms with Gasteiger partial charge in [-0.15, -0.1) is 0 Å². The maximum Gasteiger partial charge on any atom is 0.255 e. The van der Waals surface area contributed by atoms with Gasteiger partial charge in [-0.3, -0.25) is 9.59 Å². The fourth-order valence-electron chi connectivity index (χ4n) is 3.08. The molecule has 0 saturated carbocycles. The van der Waals surface area contributed by atoms with Gasteiger partial charge in [0.1, 0.15) is 11.6 Å². The lowest BCUT2D eigenvalue weighted by atomic mass is 10.2. The minimum atomic E-state index is -0.396. The van der Waals surface area contributed by atoms with Crippen LogP contribution in [0.25, 0.3) is 5.69 Å². The number of likely N-dealkylation sites (N-methyl/N-ethyl adjacent to an activating group) is 1. The summed E-state index contributed by atoms with van der Waals surface area (Å²) >= 11 is 0. The van der Waals surface area contributed by atoms with E-state index in [9.17, 15) is 14.0 Å². The number of carbonyl (C=O) groups excluding carboxylic acids is 2. The molecule has 1 aromatic carbocycles. The molecule has 3 rings (SSSR count). The molecule has 28 heavy (non-hydrogen) atoms. The highest BCUT2D eigenvalue weighted by Crippen LogP contribution is 2.23. The van der Waals surface area contributed by atoms with Gasteiger partial charge in [0.05, 0.1) is 17.8 Å². The zero-order valence-electron chi connectivity index (χ0n) is 16.1. The number of aryl methyl sites for hydroxylation is 2. The van der Waals surface area contributed by atoms with E-state index in [1.54, 1.807) is 55.7 Å². The third kappa shape index (κ3) is 3.80. The van der Waals surface area contributed by atoms with Gasteiger partial charge in [0.2, 0.25) is 5.91 Å². The average molecular weight is 384 g/mol. The van der Waals surface area contributed by atoms with E-state index in [0.717, 1.165) is 5.69 Å². The summed E-state index contributed by atoms with van der Waals surface area (Å²) in [4.78, 5) is 26.3. The highest BCUT2D eigenvalue weighted by Gasteiger charge is 2.22. The summed E-state index contributed by atoms with van der Waals surface area (Å²) in [5.74, 6) is -0.241. The monoisotopic (exact) mass is 384 g/mol. The Hall–Kier alpha value is -3.42. The highest BCUT2D eigenvalue weighted by molar-refractivity contribution is 5.99. The Balaban J connectivity index is 1.78. The quantitative estimate of drug-likeness (QED) is 0.732. The summed E-state index contributed by atoms with van der Waals surface area (Å²) in [6, 6.07) is 9.66. The maximum atomic E-state index is 14.2. The molecule has 0 unspecified atom stereocenters. The Kier molecular flexibility index (Phi) is 5.30. The van der Waals surface area contributed by atoms with Crippen LogP contribution in [-0.4, -0.2) is 40.0 Å². The molecule has 8 heteroatoms. The van der Waals surface area contributed by atoms with Gasteiger partial charge in [0, 0.05) is 24.5 Å². The molecule has 2 amide bonds. The van der Waals surface area contributed by atoms with Crippen molar-refractivity contribution in [3.63, 3.8) is 0 Å². The molecule has 0 atom stereocenters. The summed E-state index contributed by atoms with van der Waals surface area (Å²) < 4.78 is 20.8. The van der Waals surface area contributed by atoms with Crippen molar-refractivity contribution in [1.29, 1.82) is 0 Å². The van der Waals surface area contributed by atoms with Crippen molar-refractivity contribution in [1.82, 2.24) is 14.6 Å². The number of amides is 2. The van der Waals surface area contributed by atoms with Gasteiger partial charge < -0.3 is 19.3 Å². The first-order chi connectivity index (χ1) is 13.3. The van der Waals surface area contributed by atoms with E-state index >= 15 is 0 Å². The van der Waals surface area contributed by atoms with Crippen molar-refractivity contribution < 1.29 is 18.5 Å². The molecule has 0 radical (unpaired) electrons. The number of halogens is 1. The van der Waals surface area contributed by atoms with E-state index in [1.807, 2.05) is 0 Å². The van der Waals surface area contributed by atoms with E-state index in [0.29, 0.717) is 28.5 Å². The first kappa shape index (κ1) is 19.3. The van der Waals surface area contributed by atoms with Crippen LogP contribution >= 0.6 is 0 Å². The zero-order chi connectivity index (χ0) is 20.4. The molecule has 7 nitrogen and oxygen atoms in total. The minimum Gasteiger partial charge on any atom is -0.360 e. The first-order valence-electron chi connectivity index (χ1n) is 8.70. The predicted octanol–water partition coefficient (Wildman–Crippen LogP) is 3.24. The van der Waals surface area contributed by atoms with E-state index in [2.05, 4.69) is 10.5 Å². The number of aromatic nitrogens is 2. The van der Waals surface area contributed by atoms with E-state index in [4.69, 9.17) is 4.52 Å². The molecule has 0 saturated heterocycles. The number of rotatable bonds is 5. The van der Waals surface area contributed by atoms with E-state index < -0.39 is 5.91 Å². The number of para-hydroxylation sites is 1. The molecule has 0 aliphatic carbocycles. The van der Waals surface area contributed by atoms with E-state index in [1.165, 1.54) is 18.0 Å². The Bertz CT molecular complexity index is 1040. The number of benzene rings is 1. The number of hydrogen-bond donors (Lipinski definition) is 1. The molecule has 0 aliphatic rings. The fourth-order valence-corrected chi connectivity index (χ4v) is 3.08. The van der Waals surface area contributed by atoms with Crippen LogP contribution in [0.4, 0.5) is 10.2 Å². The van der Waals surface area contributed by atoms with Gasteiger partial charge in [0.25, 0.3) is 5.91 Å². The molecule has 0 fully saturated rings. The standard InChI is InChI=1S/C20H21FN4O3/c1-12-9-15(14(3)25(12)17-8-6-5-7-16(17)21)20(27)24(4)11-19(26)22-18-10-13(2)28-23-18/h5-10H,11H2,1-4H3,(H,22,23,26). The minimum absolute atomic E-state index is 0.159. The SMILES string of the molecule is Cc1cc(NC(=O)CN(C)C(=O)c2cc(C)n(-c3ccccc3F)c2C)no1. The lowest BCUT2D eigenvalue weighted by Crippen LogP contribution is -2.35. The fraction of sp³-hybridized carbons (Fsp3) is 0.250. The van der Waals surface area contributed by atoms with Gasteiger partial charge in [-0.25, -0.2) is 4.39 Å². The van der Waals surface area contributed by atoms with Gasteiger partial charge in [-0.05, 0) is 39.0 Å². The second-order valence-corrected chi connectivity index (χ2v) is 6.60. The second-order valence-electron chi connectivity index (χ2n) is 6.60. The molecular weight excluding hydrogens is 363 g/mol. The van der Waals surface area contributed by atoms with Crippen molar-refractivity contribution in [3.8, 4) is 5.69 Å². The summed E-state index contributed by atoms with van der Waals surface area (Å²) in [6.07, 6.45) is 0. The van der Waals surface area contributed by atoms with Crippen LogP contribution in [0.15, 0.2) is 40.9 Å². The molecule has 3 aromatic rings. The average Bonchev–Trinajstić information content (AvgIpc) is 3.17. The molecular formula is C20H21FN4O3. The van der Waals surface area contributed by atoms with Crippen LogP contribution in [0.5, 0.6) is 0 Å². The highest BCUT2D eigenvalue weighted by atomic mass is 19.1. The summed E-state index contributed by atoms with van der Waals surface area (Å²) in [5.41, 5.74) is 2.11. The first-order valence-corrected chi connectivity index (χ1v) is 8.70. The predicted molar refractivity (Wildman–Crippen MR) is 102 cm³/mol. The van der Waals surface area contributed by atoms with Crippen molar-refractivity contribution >= 4 is 17.6 Å². The summed E-state index contributed by atoms with van der Waals surface area (Å²) in [5, 5.41) is 6.26. The third-order valence-corrected chi connectivity index (χ3v) is 4.38. The number of nitrogens with one attached hydrogen (secondary N) is 1. The second kappa shape index (κ2) is 7.67. The Labute approximate surface area is 161 Å². The van der Waals surface area contributed by atoms with Crippen molar-refractivity contribution in [2.45, 2.75) is 20.8 Å². The van der Waals surface area contributed by atoms with Crippen LogP contribution in [0.2, 0.25) is 0 Å². The van der Waals surface area contributed by atoms with Crippen LogP contribution < -0.4 is 5.32 Å². The van der Waals surface area contributed by atoms with Gasteiger partial charge >= 0.3 is 0 Å². The van der Waals surface area contributed by atoms with E-state index in [-0.39, 0.29) is 18.3 Å². The van der Waals surface area contributed by atoms with Crippen LogP contribution in [0.3, 0.4) is 0 Å². The van der Waals surface area contributed by atoms with Crippen LogP contribution in [0, 0.1) is 26.6 Å². The van der Waals surface area contributed by atoms with Crippen LogP contribution in [0.1, 0.15) is 27.5 Å². The van der Waals surface area contributed by atoms with Crippen LogP contribution in [-0.2, 0) is 4.79 Å². The van der Waals surface area contributed by atoms with Crippen molar-refractivity contribution in [2.75, 3.05) is 18.9 Å². The summed E-state index contributed by atoms with van der Waals surface area (Å²) in [7, 11) is 1.53. The Morgan fingerprint density at radius 1 is 1.21 bits per heavy atom. The molecule has 2 aromatic heterocycles. The number of nitrogens with zero attached hydrogens (tertiary/aromatic N) is 3. The Morgan fingerprint density at radius 3 is 2.57 bits per heavy atom. The third-order valence-electron chi connectivity index (χ3n) is 4.38. The molecule has 0 spiro atoms. The topological polar surface area (TPSA) is 80.4 Å². The lowest BCUT2D eigenvalue weighted by molar-refractivity contribution is -0.116. The van der Waals surface area contributed by atoms with Gasteiger partial charge in [-0.1, -0.05) is 17.3 Å². The van der Waals surface area contributed by atoms with Crippen molar-refractivity contribution in [2.24, 2.45) is 0 Å². The van der Waals surface area contributed by atoms with Crippen molar-refractivity contribution in [3.05, 3.63) is 64.9 Å². The lowest BCUT2D eigenvalue weighted by Gasteiger charge is -2.17. The summed E-state index contributed by atoms with van der Waals surface area (Å²) in [6.45, 7) is 5.10. The molecule has 0 aliphatic heterocycles. The smallest absolute Gasteiger partial charge is 0.255 e. The number of anilines is 1. The number of carbonyl (C=O) groups is 2. The number of hydrogen-bond acceptors (Lipinski definition) is 4. The molecule has 2 heterocycles. The Morgan fingerprint density at radius 2 is 1.93 bits per heavy atom. The molecule has 1 N–H and O–H groups in total. The van der Waals surface area contributed by atoms with Gasteiger partial charge in [-0.2, -0.15) is 0 Å².